The molecule has 0 fully saturated rings. The third-order valence-corrected chi connectivity index (χ3v) is 3.23. The summed E-state index contributed by atoms with van der Waals surface area (Å²) in [5.41, 5.74) is -0.338. The molecule has 104 valence electrons. The lowest BCUT2D eigenvalue weighted by molar-refractivity contribution is -0.276. The average molecular weight is 297 g/mol. The summed E-state index contributed by atoms with van der Waals surface area (Å²) in [7, 11) is 0. The van der Waals surface area contributed by atoms with Crippen molar-refractivity contribution in [2.24, 2.45) is 5.92 Å². The van der Waals surface area contributed by atoms with E-state index in [1.807, 2.05) is 12.1 Å². The lowest BCUT2D eigenvalue weighted by Crippen LogP contribution is -2.25. The normalized spacial score (nSPS) is 11.6. The zero-order valence-corrected chi connectivity index (χ0v) is 11.5. The zero-order chi connectivity index (χ0) is 15.4. The molecule has 0 amide bonds. The van der Waals surface area contributed by atoms with E-state index in [1.54, 1.807) is 30.3 Å². The van der Waals surface area contributed by atoms with Crippen molar-refractivity contribution in [3.63, 3.8) is 0 Å². The van der Waals surface area contributed by atoms with Gasteiger partial charge in [0.05, 0.1) is 12.1 Å². The van der Waals surface area contributed by atoms with E-state index in [0.717, 1.165) is 0 Å². The fraction of sp³-hybridized carbons (Fsp3) is 0.143. The summed E-state index contributed by atoms with van der Waals surface area (Å²) in [4.78, 5) is 16.7. The van der Waals surface area contributed by atoms with E-state index in [9.17, 15) is 9.90 Å². The number of benzene rings is 1. The number of nitrogens with zero attached hydrogens (tertiary/aromatic N) is 2. The molecule has 1 heterocycles. The van der Waals surface area contributed by atoms with Crippen molar-refractivity contribution in [2.45, 2.75) is 5.92 Å². The Bertz CT molecular complexity index is 828. The van der Waals surface area contributed by atoms with Crippen LogP contribution in [0.1, 0.15) is 17.0 Å². The molecule has 2 aromatic rings. The van der Waals surface area contributed by atoms with Gasteiger partial charge in [-0.2, -0.15) is 10.5 Å². The molecule has 0 aliphatic rings. The smallest absolute Gasteiger partial charge is 0.254 e. The Balaban J connectivity index is 2.74. The maximum Gasteiger partial charge on any atom is 0.254 e. The van der Waals surface area contributed by atoms with Crippen LogP contribution in [0.15, 0.2) is 35.1 Å². The molecule has 7 heteroatoms. The molecule has 2 N–H and O–H groups in total. The number of aromatic amines is 2. The predicted octanol–water partition coefficient (Wildman–Crippen LogP) is 1.30. The monoisotopic (exact) mass is 297 g/mol. The summed E-state index contributed by atoms with van der Waals surface area (Å²) < 4.78 is -0.0916. The largest absolute Gasteiger partial charge is 0.860 e. The fourth-order valence-corrected chi connectivity index (χ4v) is 2.31. The van der Waals surface area contributed by atoms with Gasteiger partial charge in [0.25, 0.3) is 5.56 Å². The van der Waals surface area contributed by atoms with Crippen molar-refractivity contribution < 1.29 is 5.11 Å². The van der Waals surface area contributed by atoms with Crippen molar-refractivity contribution in [3.8, 4) is 18.0 Å². The SMILES string of the molecule is N#CC(C#N)C(c1ccccc1)c1c([O-])[nH]c(=S)[nH]c1=O. The van der Waals surface area contributed by atoms with Crippen LogP contribution in [0.3, 0.4) is 0 Å². The summed E-state index contributed by atoms with van der Waals surface area (Å²) in [6.45, 7) is 0. The number of H-pyrrole nitrogens is 2. The third kappa shape index (κ3) is 2.83. The molecule has 0 radical (unpaired) electrons. The molecular weight excluding hydrogens is 288 g/mol. The third-order valence-electron chi connectivity index (χ3n) is 3.02. The molecule has 1 aromatic heterocycles. The fourth-order valence-electron chi connectivity index (χ4n) is 2.12. The first-order chi connectivity index (χ1) is 10.1. The van der Waals surface area contributed by atoms with Crippen LogP contribution in [0.25, 0.3) is 0 Å². The molecule has 2 rings (SSSR count). The van der Waals surface area contributed by atoms with Crippen LogP contribution < -0.4 is 10.7 Å². The van der Waals surface area contributed by atoms with Gasteiger partial charge in [-0.1, -0.05) is 30.3 Å². The lowest BCUT2D eigenvalue weighted by atomic mass is 9.83. The van der Waals surface area contributed by atoms with Crippen LogP contribution in [-0.2, 0) is 0 Å². The van der Waals surface area contributed by atoms with Gasteiger partial charge < -0.3 is 10.1 Å². The van der Waals surface area contributed by atoms with Crippen LogP contribution in [0.5, 0.6) is 5.88 Å². The van der Waals surface area contributed by atoms with Crippen molar-refractivity contribution in [1.82, 2.24) is 9.97 Å². The van der Waals surface area contributed by atoms with Gasteiger partial charge in [0.1, 0.15) is 5.92 Å². The summed E-state index contributed by atoms with van der Waals surface area (Å²) in [5.74, 6) is -2.79. The van der Waals surface area contributed by atoms with Gasteiger partial charge >= 0.3 is 0 Å². The number of nitrogens with one attached hydrogen (secondary N) is 2. The van der Waals surface area contributed by atoms with Gasteiger partial charge in [-0.25, -0.2) is 0 Å². The molecule has 6 nitrogen and oxygen atoms in total. The Kier molecular flexibility index (Phi) is 4.17. The molecule has 0 saturated heterocycles. The van der Waals surface area contributed by atoms with Crippen LogP contribution in [-0.4, -0.2) is 9.97 Å². The lowest BCUT2D eigenvalue weighted by Gasteiger charge is -2.22. The average Bonchev–Trinajstić information content (AvgIpc) is 2.46. The summed E-state index contributed by atoms with van der Waals surface area (Å²) in [6, 6.07) is 12.1. The summed E-state index contributed by atoms with van der Waals surface area (Å²) in [5, 5.41) is 30.3. The highest BCUT2D eigenvalue weighted by Crippen LogP contribution is 2.32. The van der Waals surface area contributed by atoms with Gasteiger partial charge in [-0.05, 0) is 23.7 Å². The predicted molar refractivity (Wildman–Crippen MR) is 74.7 cm³/mol. The van der Waals surface area contributed by atoms with E-state index in [-0.39, 0.29) is 10.3 Å². The van der Waals surface area contributed by atoms with Crippen molar-refractivity contribution in [2.75, 3.05) is 0 Å². The Labute approximate surface area is 124 Å². The van der Waals surface area contributed by atoms with Crippen LogP contribution in [0, 0.1) is 33.4 Å². The highest BCUT2D eigenvalue weighted by molar-refractivity contribution is 7.71. The van der Waals surface area contributed by atoms with E-state index in [2.05, 4.69) is 9.97 Å². The molecule has 0 bridgehead atoms. The number of aromatic nitrogens is 2. The Morgan fingerprint density at radius 3 is 2.29 bits per heavy atom. The quantitative estimate of drug-likeness (QED) is 0.827. The van der Waals surface area contributed by atoms with E-state index in [4.69, 9.17) is 22.7 Å². The number of rotatable bonds is 3. The first-order valence-corrected chi connectivity index (χ1v) is 6.37. The first-order valence-electron chi connectivity index (χ1n) is 5.96. The second-order valence-corrected chi connectivity index (χ2v) is 4.68. The maximum atomic E-state index is 12.1. The van der Waals surface area contributed by atoms with Gasteiger partial charge in [-0.3, -0.25) is 9.78 Å². The molecule has 0 aliphatic heterocycles. The van der Waals surface area contributed by atoms with Gasteiger partial charge in [-0.15, -0.1) is 0 Å². The van der Waals surface area contributed by atoms with E-state index in [0.29, 0.717) is 5.56 Å². The summed E-state index contributed by atoms with van der Waals surface area (Å²) in [6.07, 6.45) is 0. The van der Waals surface area contributed by atoms with E-state index < -0.39 is 23.3 Å². The molecule has 21 heavy (non-hydrogen) atoms. The first kappa shape index (κ1) is 14.5. The summed E-state index contributed by atoms with van der Waals surface area (Å²) >= 11 is 4.73. The van der Waals surface area contributed by atoms with Crippen LogP contribution in [0.2, 0.25) is 0 Å². The molecule has 0 aliphatic carbocycles. The van der Waals surface area contributed by atoms with Gasteiger partial charge in [0, 0.05) is 11.5 Å². The van der Waals surface area contributed by atoms with Crippen molar-refractivity contribution >= 4 is 12.2 Å². The zero-order valence-electron chi connectivity index (χ0n) is 10.7. The minimum Gasteiger partial charge on any atom is -0.860 e. The number of hydrogen-bond acceptors (Lipinski definition) is 5. The van der Waals surface area contributed by atoms with Crippen LogP contribution >= 0.6 is 12.2 Å². The van der Waals surface area contributed by atoms with Crippen molar-refractivity contribution in [3.05, 3.63) is 56.6 Å². The topological polar surface area (TPSA) is 119 Å². The Hall–Kier alpha value is -2.90. The van der Waals surface area contributed by atoms with E-state index in [1.165, 1.54) is 0 Å². The number of hydrogen-bond donors (Lipinski definition) is 2. The van der Waals surface area contributed by atoms with Gasteiger partial charge in [0.15, 0.2) is 4.77 Å². The standard InChI is InChI=1S/C14H10N4O2S/c15-6-9(7-16)10(8-4-2-1-3-5-8)11-12(19)17-14(21)18-13(11)20/h1-5,9-10H,(H3,17,18,19,20,21)/p-1. The number of nitriles is 2. The molecule has 0 spiro atoms. The highest BCUT2D eigenvalue weighted by atomic mass is 32.1. The molecular formula is C14H9N4O2S-. The van der Waals surface area contributed by atoms with Crippen LogP contribution in [0.4, 0.5) is 0 Å². The molecule has 1 aromatic carbocycles. The minimum absolute atomic E-state index is 0.0916. The van der Waals surface area contributed by atoms with Crippen molar-refractivity contribution in [1.29, 1.82) is 10.5 Å². The second kappa shape index (κ2) is 6.04. The maximum absolute atomic E-state index is 12.1. The minimum atomic E-state index is -1.16. The Morgan fingerprint density at radius 2 is 1.76 bits per heavy atom. The van der Waals surface area contributed by atoms with Gasteiger partial charge in [0.2, 0.25) is 0 Å². The molecule has 0 saturated carbocycles. The highest BCUT2D eigenvalue weighted by Gasteiger charge is 2.28. The Morgan fingerprint density at radius 1 is 1.14 bits per heavy atom. The molecule has 1 atom stereocenters. The second-order valence-electron chi connectivity index (χ2n) is 4.28. The molecule has 1 unspecified atom stereocenters. The van der Waals surface area contributed by atoms with E-state index >= 15 is 0 Å².